The summed E-state index contributed by atoms with van der Waals surface area (Å²) in [6.07, 6.45) is 0. The van der Waals surface area contributed by atoms with Crippen molar-refractivity contribution in [3.63, 3.8) is 0 Å². The van der Waals surface area contributed by atoms with Gasteiger partial charge in [-0.05, 0) is 20.8 Å². The molecule has 0 aliphatic heterocycles. The number of aromatic nitrogens is 3. The number of thioether (sulfide) groups is 1. The van der Waals surface area contributed by atoms with Crippen LogP contribution in [0.15, 0.2) is 9.95 Å². The van der Waals surface area contributed by atoms with Crippen molar-refractivity contribution >= 4 is 17.7 Å². The molecule has 0 saturated carbocycles. The highest BCUT2D eigenvalue weighted by atomic mass is 32.2. The lowest BCUT2D eigenvalue weighted by atomic mass is 10.5. The molecule has 0 aromatic carbocycles. The van der Waals surface area contributed by atoms with E-state index in [1.807, 2.05) is 13.8 Å². The van der Waals surface area contributed by atoms with Gasteiger partial charge < -0.3 is 4.90 Å². The minimum Gasteiger partial charge on any atom is -0.343 e. The van der Waals surface area contributed by atoms with Crippen LogP contribution < -0.4 is 5.56 Å². The summed E-state index contributed by atoms with van der Waals surface area (Å²) in [5.74, 6) is 0.290. The van der Waals surface area contributed by atoms with Crippen molar-refractivity contribution in [2.45, 2.75) is 25.9 Å². The Labute approximate surface area is 104 Å². The van der Waals surface area contributed by atoms with Crippen molar-refractivity contribution in [2.75, 3.05) is 18.8 Å². The zero-order valence-corrected chi connectivity index (χ0v) is 11.0. The van der Waals surface area contributed by atoms with Crippen LogP contribution in [-0.4, -0.2) is 44.8 Å². The SMILES string of the molecule is CCN(CC)C(=O)CSc1nnc(C)c(=O)[nH]1. The van der Waals surface area contributed by atoms with Crippen LogP contribution in [0, 0.1) is 6.92 Å². The lowest BCUT2D eigenvalue weighted by Crippen LogP contribution is -2.32. The summed E-state index contributed by atoms with van der Waals surface area (Å²) in [6.45, 7) is 6.82. The summed E-state index contributed by atoms with van der Waals surface area (Å²) in [6, 6.07) is 0. The number of H-pyrrole nitrogens is 1. The van der Waals surface area contributed by atoms with Crippen molar-refractivity contribution in [1.82, 2.24) is 20.1 Å². The maximum Gasteiger partial charge on any atom is 0.273 e. The molecule has 0 radical (unpaired) electrons. The van der Waals surface area contributed by atoms with Gasteiger partial charge in [0.25, 0.3) is 5.56 Å². The minimum atomic E-state index is -0.266. The smallest absolute Gasteiger partial charge is 0.273 e. The van der Waals surface area contributed by atoms with Crippen molar-refractivity contribution in [3.05, 3.63) is 16.0 Å². The second-order valence-corrected chi connectivity index (χ2v) is 4.36. The number of nitrogens with one attached hydrogen (secondary N) is 1. The summed E-state index contributed by atoms with van der Waals surface area (Å²) in [4.78, 5) is 27.3. The Morgan fingerprint density at radius 3 is 2.53 bits per heavy atom. The lowest BCUT2D eigenvalue weighted by Gasteiger charge is -2.17. The fourth-order valence-corrected chi connectivity index (χ4v) is 1.95. The molecule has 1 aromatic rings. The van der Waals surface area contributed by atoms with Gasteiger partial charge in [-0.15, -0.1) is 10.2 Å². The van der Waals surface area contributed by atoms with E-state index in [9.17, 15) is 9.59 Å². The Kier molecular flexibility index (Phi) is 5.14. The molecular formula is C10H16N4O2S. The Morgan fingerprint density at radius 2 is 2.00 bits per heavy atom. The highest BCUT2D eigenvalue weighted by Crippen LogP contribution is 2.10. The molecule has 0 unspecified atom stereocenters. The van der Waals surface area contributed by atoms with Crippen molar-refractivity contribution in [3.8, 4) is 0 Å². The van der Waals surface area contributed by atoms with Gasteiger partial charge in [0.1, 0.15) is 5.69 Å². The summed E-state index contributed by atoms with van der Waals surface area (Å²) < 4.78 is 0. The van der Waals surface area contributed by atoms with E-state index >= 15 is 0 Å². The molecule has 7 heteroatoms. The van der Waals surface area contributed by atoms with Crippen molar-refractivity contribution < 1.29 is 4.79 Å². The van der Waals surface area contributed by atoms with E-state index in [-0.39, 0.29) is 17.2 Å². The predicted octanol–water partition coefficient (Wildman–Crippen LogP) is 0.434. The zero-order valence-electron chi connectivity index (χ0n) is 10.2. The first-order valence-corrected chi connectivity index (χ1v) is 6.41. The van der Waals surface area contributed by atoms with Gasteiger partial charge in [0.15, 0.2) is 5.16 Å². The van der Waals surface area contributed by atoms with Crippen LogP contribution in [0.2, 0.25) is 0 Å². The molecule has 1 aromatic heterocycles. The van der Waals surface area contributed by atoms with Crippen LogP contribution >= 0.6 is 11.8 Å². The quantitative estimate of drug-likeness (QED) is 0.773. The largest absolute Gasteiger partial charge is 0.343 e. The summed E-state index contributed by atoms with van der Waals surface area (Å²) in [5.41, 5.74) is 0.0576. The van der Waals surface area contributed by atoms with Gasteiger partial charge in [0.2, 0.25) is 5.91 Å². The van der Waals surface area contributed by atoms with Gasteiger partial charge in [-0.25, -0.2) is 0 Å². The Morgan fingerprint density at radius 1 is 1.35 bits per heavy atom. The number of hydrogen-bond acceptors (Lipinski definition) is 5. The van der Waals surface area contributed by atoms with Gasteiger partial charge >= 0.3 is 0 Å². The van der Waals surface area contributed by atoms with E-state index in [0.29, 0.717) is 23.9 Å². The number of carbonyl (C=O) groups excluding carboxylic acids is 1. The van der Waals surface area contributed by atoms with E-state index in [0.717, 1.165) is 0 Å². The van der Waals surface area contributed by atoms with E-state index < -0.39 is 0 Å². The highest BCUT2D eigenvalue weighted by molar-refractivity contribution is 7.99. The topological polar surface area (TPSA) is 79.0 Å². The van der Waals surface area contributed by atoms with E-state index in [2.05, 4.69) is 15.2 Å². The molecule has 1 N–H and O–H groups in total. The molecular weight excluding hydrogens is 240 g/mol. The third-order valence-corrected chi connectivity index (χ3v) is 3.14. The van der Waals surface area contributed by atoms with Crippen LogP contribution in [-0.2, 0) is 4.79 Å². The third-order valence-electron chi connectivity index (χ3n) is 2.29. The number of aromatic amines is 1. The van der Waals surface area contributed by atoms with Crippen LogP contribution in [0.4, 0.5) is 0 Å². The molecule has 0 saturated heterocycles. The van der Waals surface area contributed by atoms with Gasteiger partial charge in [-0.1, -0.05) is 11.8 Å². The number of hydrogen-bond donors (Lipinski definition) is 1. The molecule has 0 spiro atoms. The lowest BCUT2D eigenvalue weighted by molar-refractivity contribution is -0.127. The minimum absolute atomic E-state index is 0.0308. The third kappa shape index (κ3) is 3.85. The maximum absolute atomic E-state index is 11.7. The fourth-order valence-electron chi connectivity index (χ4n) is 1.24. The first kappa shape index (κ1) is 13.7. The van der Waals surface area contributed by atoms with Crippen LogP contribution in [0.5, 0.6) is 0 Å². The normalized spacial score (nSPS) is 10.3. The molecule has 1 amide bonds. The zero-order chi connectivity index (χ0) is 12.8. The molecule has 0 fully saturated rings. The predicted molar refractivity (Wildman–Crippen MR) is 66.0 cm³/mol. The monoisotopic (exact) mass is 256 g/mol. The fraction of sp³-hybridized carbons (Fsp3) is 0.600. The summed E-state index contributed by atoms with van der Waals surface area (Å²) in [5, 5.41) is 7.89. The molecule has 0 bridgehead atoms. The highest BCUT2D eigenvalue weighted by Gasteiger charge is 2.11. The summed E-state index contributed by atoms with van der Waals surface area (Å²) >= 11 is 1.19. The first-order chi connectivity index (χ1) is 8.08. The van der Waals surface area contributed by atoms with Crippen molar-refractivity contribution in [2.24, 2.45) is 0 Å². The van der Waals surface area contributed by atoms with Crippen LogP contribution in [0.3, 0.4) is 0 Å². The summed E-state index contributed by atoms with van der Waals surface area (Å²) in [7, 11) is 0. The molecule has 17 heavy (non-hydrogen) atoms. The number of carbonyl (C=O) groups is 1. The average Bonchev–Trinajstić information content (AvgIpc) is 2.32. The maximum atomic E-state index is 11.7. The molecule has 0 aliphatic carbocycles. The average molecular weight is 256 g/mol. The molecule has 0 aliphatic rings. The number of aryl methyl sites for hydroxylation is 1. The van der Waals surface area contributed by atoms with E-state index in [1.54, 1.807) is 11.8 Å². The van der Waals surface area contributed by atoms with Gasteiger partial charge in [-0.2, -0.15) is 0 Å². The number of nitrogens with zero attached hydrogens (tertiary/aromatic N) is 3. The second-order valence-electron chi connectivity index (χ2n) is 3.40. The Bertz CT molecular complexity index is 442. The van der Waals surface area contributed by atoms with Gasteiger partial charge in [0.05, 0.1) is 5.75 Å². The van der Waals surface area contributed by atoms with E-state index in [4.69, 9.17) is 0 Å². The first-order valence-electron chi connectivity index (χ1n) is 5.42. The number of rotatable bonds is 5. The Balaban J connectivity index is 2.58. The molecule has 1 heterocycles. The Hall–Kier alpha value is -1.37. The van der Waals surface area contributed by atoms with E-state index in [1.165, 1.54) is 11.8 Å². The molecule has 6 nitrogen and oxygen atoms in total. The number of amides is 1. The van der Waals surface area contributed by atoms with Crippen molar-refractivity contribution in [1.29, 1.82) is 0 Å². The molecule has 0 atom stereocenters. The van der Waals surface area contributed by atoms with Gasteiger partial charge in [0, 0.05) is 13.1 Å². The van der Waals surface area contributed by atoms with Gasteiger partial charge in [-0.3, -0.25) is 14.6 Å². The standard InChI is InChI=1S/C10H16N4O2S/c1-4-14(5-2)8(15)6-17-10-11-9(16)7(3)12-13-10/h4-6H2,1-3H3,(H,11,13,16). The van der Waals surface area contributed by atoms with Crippen LogP contribution in [0.25, 0.3) is 0 Å². The van der Waals surface area contributed by atoms with Crippen LogP contribution in [0.1, 0.15) is 19.5 Å². The molecule has 94 valence electrons. The second kappa shape index (κ2) is 6.39. The molecule has 1 rings (SSSR count).